The van der Waals surface area contributed by atoms with Crippen molar-refractivity contribution in [1.29, 1.82) is 0 Å². The average molecular weight is 430 g/mol. The van der Waals surface area contributed by atoms with Gasteiger partial charge in [-0.2, -0.15) is 11.8 Å². The van der Waals surface area contributed by atoms with Crippen LogP contribution in [0.2, 0.25) is 5.02 Å². The van der Waals surface area contributed by atoms with Crippen LogP contribution in [-0.4, -0.2) is 33.9 Å². The van der Waals surface area contributed by atoms with E-state index in [-0.39, 0.29) is 4.90 Å². The molecule has 0 amide bonds. The zero-order valence-corrected chi connectivity index (χ0v) is 17.8. The molecule has 0 unspecified atom stereocenters. The fraction of sp³-hybridized carbons (Fsp3) is 0.368. The Hall–Kier alpha value is -1.41. The lowest BCUT2D eigenvalue weighted by Gasteiger charge is -2.13. The zero-order chi connectivity index (χ0) is 19.7. The summed E-state index contributed by atoms with van der Waals surface area (Å²) in [5.41, 5.74) is 1.04. The largest absolute Gasteiger partial charge is 0.490 e. The number of ether oxygens (including phenoxy) is 2. The second-order valence-electron chi connectivity index (χ2n) is 5.52. The van der Waals surface area contributed by atoms with Gasteiger partial charge in [-0.05, 0) is 37.6 Å². The Bertz CT molecular complexity index is 843. The minimum absolute atomic E-state index is 0.158. The van der Waals surface area contributed by atoms with Crippen LogP contribution in [0.4, 0.5) is 0 Å². The van der Waals surface area contributed by atoms with Crippen molar-refractivity contribution in [2.45, 2.75) is 24.5 Å². The molecule has 0 heterocycles. The molecule has 0 saturated carbocycles. The van der Waals surface area contributed by atoms with Crippen molar-refractivity contribution in [2.24, 2.45) is 0 Å². The number of hydrogen-bond acceptors (Lipinski definition) is 5. The number of benzene rings is 2. The van der Waals surface area contributed by atoms with Crippen LogP contribution in [0.3, 0.4) is 0 Å². The lowest BCUT2D eigenvalue weighted by molar-refractivity contribution is 0.287. The highest BCUT2D eigenvalue weighted by atomic mass is 35.5. The summed E-state index contributed by atoms with van der Waals surface area (Å²) >= 11 is 7.74. The Morgan fingerprint density at radius 1 is 1.04 bits per heavy atom. The predicted octanol–water partition coefficient (Wildman–Crippen LogP) is 4.35. The predicted molar refractivity (Wildman–Crippen MR) is 112 cm³/mol. The molecule has 27 heavy (non-hydrogen) atoms. The Kier molecular flexibility index (Phi) is 8.76. The third-order valence-corrected chi connectivity index (χ3v) is 6.41. The lowest BCUT2D eigenvalue weighted by atomic mass is 10.2. The summed E-state index contributed by atoms with van der Waals surface area (Å²) in [6.07, 6.45) is 0. The summed E-state index contributed by atoms with van der Waals surface area (Å²) in [6.45, 7) is 4.94. The van der Waals surface area contributed by atoms with Crippen molar-refractivity contribution in [2.75, 3.05) is 25.5 Å². The van der Waals surface area contributed by atoms with Crippen LogP contribution in [-0.2, 0) is 15.8 Å². The molecule has 0 aromatic heterocycles. The molecule has 2 aromatic carbocycles. The van der Waals surface area contributed by atoms with Gasteiger partial charge in [-0.3, -0.25) is 0 Å². The van der Waals surface area contributed by atoms with E-state index in [1.165, 1.54) is 12.1 Å². The van der Waals surface area contributed by atoms with Crippen molar-refractivity contribution in [1.82, 2.24) is 4.72 Å². The second-order valence-corrected chi connectivity index (χ2v) is 8.80. The fourth-order valence-corrected chi connectivity index (χ4v) is 4.65. The first-order valence-electron chi connectivity index (χ1n) is 8.68. The Morgan fingerprint density at radius 2 is 1.74 bits per heavy atom. The molecule has 8 heteroatoms. The molecule has 0 aliphatic carbocycles. The number of nitrogens with one attached hydrogen (secondary N) is 1. The minimum atomic E-state index is -3.61. The summed E-state index contributed by atoms with van der Waals surface area (Å²) in [5.74, 6) is 2.34. The monoisotopic (exact) mass is 429 g/mol. The maximum Gasteiger partial charge on any atom is 0.240 e. The molecule has 2 rings (SSSR count). The zero-order valence-electron chi connectivity index (χ0n) is 15.4. The van der Waals surface area contributed by atoms with Gasteiger partial charge in [-0.15, -0.1) is 0 Å². The first kappa shape index (κ1) is 21.9. The molecule has 0 aliphatic rings. The Morgan fingerprint density at radius 3 is 2.44 bits per heavy atom. The number of thioether (sulfide) groups is 1. The van der Waals surface area contributed by atoms with Gasteiger partial charge in [0.1, 0.15) is 0 Å². The average Bonchev–Trinajstić information content (AvgIpc) is 2.64. The van der Waals surface area contributed by atoms with Gasteiger partial charge in [0.15, 0.2) is 11.5 Å². The third kappa shape index (κ3) is 6.60. The molecule has 0 aliphatic heterocycles. The van der Waals surface area contributed by atoms with E-state index in [0.29, 0.717) is 37.0 Å². The Labute approximate surface area is 170 Å². The highest BCUT2D eigenvalue weighted by Crippen LogP contribution is 2.30. The summed E-state index contributed by atoms with van der Waals surface area (Å²) in [7, 11) is -3.61. The van der Waals surface area contributed by atoms with E-state index >= 15 is 0 Å². The van der Waals surface area contributed by atoms with Gasteiger partial charge >= 0.3 is 0 Å². The quantitative estimate of drug-likeness (QED) is 0.538. The van der Waals surface area contributed by atoms with E-state index in [1.54, 1.807) is 17.8 Å². The molecule has 5 nitrogen and oxygen atoms in total. The summed E-state index contributed by atoms with van der Waals surface area (Å²) in [4.78, 5) is 0.158. The van der Waals surface area contributed by atoms with Crippen molar-refractivity contribution < 1.29 is 17.9 Å². The number of halogens is 1. The highest BCUT2D eigenvalue weighted by molar-refractivity contribution is 7.98. The van der Waals surface area contributed by atoms with Crippen LogP contribution < -0.4 is 14.2 Å². The van der Waals surface area contributed by atoms with Crippen molar-refractivity contribution >= 4 is 33.4 Å². The van der Waals surface area contributed by atoms with Crippen LogP contribution in [0.25, 0.3) is 0 Å². The molecule has 148 valence electrons. The molecule has 2 aromatic rings. The standard InChI is InChI=1S/C19H24ClNO4S2/c1-3-24-18-10-9-16(13-19(18)25-4-2)27(22,23)21-11-12-26-14-15-7-5-6-8-17(15)20/h5-10,13,21H,3-4,11-12,14H2,1-2H3. The minimum Gasteiger partial charge on any atom is -0.490 e. The molecule has 0 atom stereocenters. The molecule has 0 fully saturated rings. The number of rotatable bonds is 11. The van der Waals surface area contributed by atoms with Crippen LogP contribution in [0.5, 0.6) is 11.5 Å². The van der Waals surface area contributed by atoms with Crippen molar-refractivity contribution in [3.05, 3.63) is 53.1 Å². The first-order valence-corrected chi connectivity index (χ1v) is 11.7. The van der Waals surface area contributed by atoms with E-state index in [4.69, 9.17) is 21.1 Å². The molecular formula is C19H24ClNO4S2. The first-order chi connectivity index (χ1) is 13.0. The smallest absolute Gasteiger partial charge is 0.240 e. The van der Waals surface area contributed by atoms with Crippen molar-refractivity contribution in [3.63, 3.8) is 0 Å². The van der Waals surface area contributed by atoms with Crippen LogP contribution in [0.15, 0.2) is 47.4 Å². The number of sulfonamides is 1. The van der Waals surface area contributed by atoms with Gasteiger partial charge in [-0.25, -0.2) is 13.1 Å². The Balaban J connectivity index is 1.92. The van der Waals surface area contributed by atoms with Gasteiger partial charge in [0.05, 0.1) is 18.1 Å². The third-order valence-electron chi connectivity index (χ3n) is 3.58. The maximum atomic E-state index is 12.5. The number of hydrogen-bond donors (Lipinski definition) is 1. The van der Waals surface area contributed by atoms with Crippen LogP contribution >= 0.6 is 23.4 Å². The van der Waals surface area contributed by atoms with Gasteiger partial charge in [0, 0.05) is 29.1 Å². The summed E-state index contributed by atoms with van der Waals surface area (Å²) in [5, 5.41) is 0.725. The van der Waals surface area contributed by atoms with Crippen LogP contribution in [0.1, 0.15) is 19.4 Å². The van der Waals surface area contributed by atoms with E-state index < -0.39 is 10.0 Å². The van der Waals surface area contributed by atoms with E-state index in [1.807, 2.05) is 38.1 Å². The topological polar surface area (TPSA) is 64.6 Å². The molecule has 0 spiro atoms. The summed E-state index contributed by atoms with van der Waals surface area (Å²) in [6, 6.07) is 12.3. The molecule has 1 N–H and O–H groups in total. The maximum absolute atomic E-state index is 12.5. The van der Waals surface area contributed by atoms with E-state index in [0.717, 1.165) is 16.3 Å². The van der Waals surface area contributed by atoms with Crippen LogP contribution in [0, 0.1) is 0 Å². The van der Waals surface area contributed by atoms with Gasteiger partial charge in [0.2, 0.25) is 10.0 Å². The second kappa shape index (κ2) is 10.8. The fourth-order valence-electron chi connectivity index (χ4n) is 2.33. The van der Waals surface area contributed by atoms with Gasteiger partial charge in [0.25, 0.3) is 0 Å². The molecule has 0 saturated heterocycles. The van der Waals surface area contributed by atoms with Crippen molar-refractivity contribution in [3.8, 4) is 11.5 Å². The summed E-state index contributed by atoms with van der Waals surface area (Å²) < 4.78 is 38.6. The van der Waals surface area contributed by atoms with Gasteiger partial charge < -0.3 is 9.47 Å². The van der Waals surface area contributed by atoms with E-state index in [2.05, 4.69) is 4.72 Å². The molecular weight excluding hydrogens is 406 g/mol. The SMILES string of the molecule is CCOc1ccc(S(=O)(=O)NCCSCc2ccccc2Cl)cc1OCC. The lowest BCUT2D eigenvalue weighted by Crippen LogP contribution is -2.26. The van der Waals surface area contributed by atoms with Gasteiger partial charge in [-0.1, -0.05) is 29.8 Å². The molecule has 0 radical (unpaired) electrons. The molecule has 0 bridgehead atoms. The van der Waals surface area contributed by atoms with E-state index in [9.17, 15) is 8.42 Å². The normalized spacial score (nSPS) is 11.4. The highest BCUT2D eigenvalue weighted by Gasteiger charge is 2.17.